The van der Waals surface area contributed by atoms with Crippen molar-refractivity contribution < 1.29 is 14.3 Å². The van der Waals surface area contributed by atoms with E-state index in [-0.39, 0.29) is 12.5 Å². The van der Waals surface area contributed by atoms with Gasteiger partial charge in [0, 0.05) is 5.69 Å². The van der Waals surface area contributed by atoms with Gasteiger partial charge < -0.3 is 10.1 Å². The zero-order valence-corrected chi connectivity index (χ0v) is 13.1. The Morgan fingerprint density at radius 2 is 2.00 bits per heavy atom. The van der Waals surface area contributed by atoms with Gasteiger partial charge in [-0.3, -0.25) is 4.79 Å². The van der Waals surface area contributed by atoms with E-state index in [9.17, 15) is 9.59 Å². The molecule has 24 heavy (non-hydrogen) atoms. The van der Waals surface area contributed by atoms with Crippen LogP contribution in [-0.2, 0) is 16.1 Å². The van der Waals surface area contributed by atoms with Crippen molar-refractivity contribution in [3.05, 3.63) is 54.1 Å². The lowest BCUT2D eigenvalue weighted by molar-refractivity contribution is -0.116. The third-order valence-corrected chi connectivity index (χ3v) is 3.37. The molecule has 2 aromatic carbocycles. The molecular formula is C17H16N4O3. The molecule has 0 aliphatic rings. The molecule has 122 valence electrons. The van der Waals surface area contributed by atoms with Crippen LogP contribution in [0.25, 0.3) is 11.0 Å². The first-order chi connectivity index (χ1) is 11.7. The largest absolute Gasteiger partial charge is 0.462 e. The third kappa shape index (κ3) is 3.40. The molecule has 0 aliphatic carbocycles. The lowest BCUT2D eigenvalue weighted by Crippen LogP contribution is -2.19. The van der Waals surface area contributed by atoms with Crippen LogP contribution in [0, 0.1) is 0 Å². The van der Waals surface area contributed by atoms with Gasteiger partial charge in [0.15, 0.2) is 0 Å². The van der Waals surface area contributed by atoms with Crippen molar-refractivity contribution in [3.8, 4) is 0 Å². The summed E-state index contributed by atoms with van der Waals surface area (Å²) in [7, 11) is 0. The number of carbonyl (C=O) groups excluding carboxylic acids is 2. The van der Waals surface area contributed by atoms with Gasteiger partial charge in [-0.25, -0.2) is 9.48 Å². The number of esters is 1. The summed E-state index contributed by atoms with van der Waals surface area (Å²) in [5.41, 5.74) is 2.43. The zero-order chi connectivity index (χ0) is 16.9. The minimum absolute atomic E-state index is 0.0319. The normalized spacial score (nSPS) is 10.5. The van der Waals surface area contributed by atoms with Crippen molar-refractivity contribution in [2.24, 2.45) is 0 Å². The highest BCUT2D eigenvalue weighted by Crippen LogP contribution is 2.13. The van der Waals surface area contributed by atoms with Gasteiger partial charge in [-0.2, -0.15) is 0 Å². The van der Waals surface area contributed by atoms with Crippen LogP contribution in [0.4, 0.5) is 5.69 Å². The molecule has 3 aromatic rings. The van der Waals surface area contributed by atoms with Crippen LogP contribution in [0.15, 0.2) is 48.5 Å². The second kappa shape index (κ2) is 6.91. The molecule has 0 spiro atoms. The van der Waals surface area contributed by atoms with E-state index in [4.69, 9.17) is 4.74 Å². The van der Waals surface area contributed by atoms with Crippen LogP contribution >= 0.6 is 0 Å². The Hall–Kier alpha value is -3.22. The second-order valence-corrected chi connectivity index (χ2v) is 5.09. The predicted molar refractivity (Wildman–Crippen MR) is 88.6 cm³/mol. The molecule has 0 atom stereocenters. The number of para-hydroxylation sites is 1. The Bertz CT molecular complexity index is 888. The zero-order valence-electron chi connectivity index (χ0n) is 13.1. The van der Waals surface area contributed by atoms with Crippen LogP contribution in [0.1, 0.15) is 17.3 Å². The molecule has 0 bridgehead atoms. The first-order valence-corrected chi connectivity index (χ1v) is 7.52. The lowest BCUT2D eigenvalue weighted by Gasteiger charge is -2.07. The van der Waals surface area contributed by atoms with Crippen molar-refractivity contribution in [1.29, 1.82) is 0 Å². The summed E-state index contributed by atoms with van der Waals surface area (Å²) in [5.74, 6) is -0.678. The number of rotatable bonds is 5. The van der Waals surface area contributed by atoms with Gasteiger partial charge in [-0.05, 0) is 37.3 Å². The number of ether oxygens (including phenoxy) is 1. The summed E-state index contributed by atoms with van der Waals surface area (Å²) in [5, 5.41) is 10.7. The van der Waals surface area contributed by atoms with E-state index in [0.29, 0.717) is 17.9 Å². The number of benzene rings is 2. The third-order valence-electron chi connectivity index (χ3n) is 3.37. The highest BCUT2D eigenvalue weighted by atomic mass is 16.5. The SMILES string of the molecule is CCOC(=O)c1cccc(NC(=O)Cn2nnc3ccccc32)c1. The van der Waals surface area contributed by atoms with Crippen LogP contribution in [0.5, 0.6) is 0 Å². The first kappa shape index (κ1) is 15.7. The van der Waals surface area contributed by atoms with Gasteiger partial charge in [0.1, 0.15) is 12.1 Å². The molecule has 1 amide bonds. The van der Waals surface area contributed by atoms with Crippen molar-refractivity contribution >= 4 is 28.6 Å². The van der Waals surface area contributed by atoms with Gasteiger partial charge in [-0.1, -0.05) is 23.4 Å². The minimum atomic E-state index is -0.420. The van der Waals surface area contributed by atoms with Crippen molar-refractivity contribution in [1.82, 2.24) is 15.0 Å². The summed E-state index contributed by atoms with van der Waals surface area (Å²) in [6.07, 6.45) is 0. The number of amides is 1. The molecule has 7 nitrogen and oxygen atoms in total. The molecule has 0 saturated carbocycles. The van der Waals surface area contributed by atoms with E-state index in [0.717, 1.165) is 11.0 Å². The number of fused-ring (bicyclic) bond motifs is 1. The average Bonchev–Trinajstić information content (AvgIpc) is 2.98. The van der Waals surface area contributed by atoms with E-state index in [2.05, 4.69) is 15.6 Å². The molecule has 3 rings (SSSR count). The minimum Gasteiger partial charge on any atom is -0.462 e. The fraction of sp³-hybridized carbons (Fsp3) is 0.176. The van der Waals surface area contributed by atoms with Crippen LogP contribution in [0.3, 0.4) is 0 Å². The summed E-state index contributed by atoms with van der Waals surface area (Å²) in [4.78, 5) is 23.9. The fourth-order valence-corrected chi connectivity index (χ4v) is 2.31. The molecule has 0 fully saturated rings. The second-order valence-electron chi connectivity index (χ2n) is 5.09. The number of nitrogens with zero attached hydrogens (tertiary/aromatic N) is 3. The van der Waals surface area contributed by atoms with Crippen LogP contribution < -0.4 is 5.32 Å². The van der Waals surface area contributed by atoms with E-state index < -0.39 is 5.97 Å². The summed E-state index contributed by atoms with van der Waals surface area (Å²) in [6, 6.07) is 14.0. The monoisotopic (exact) mass is 324 g/mol. The maximum absolute atomic E-state index is 12.2. The van der Waals surface area contributed by atoms with Gasteiger partial charge in [-0.15, -0.1) is 5.10 Å². The van der Waals surface area contributed by atoms with Crippen molar-refractivity contribution in [2.75, 3.05) is 11.9 Å². The van der Waals surface area contributed by atoms with E-state index in [1.165, 1.54) is 4.68 Å². The number of anilines is 1. The Kier molecular flexibility index (Phi) is 4.51. The molecule has 0 saturated heterocycles. The number of hydrogen-bond acceptors (Lipinski definition) is 5. The molecule has 0 radical (unpaired) electrons. The molecule has 1 aromatic heterocycles. The maximum Gasteiger partial charge on any atom is 0.338 e. The molecule has 0 unspecified atom stereocenters. The summed E-state index contributed by atoms with van der Waals surface area (Å²) in [6.45, 7) is 2.07. The summed E-state index contributed by atoms with van der Waals surface area (Å²) < 4.78 is 6.47. The Labute approximate surface area is 138 Å². The van der Waals surface area contributed by atoms with Gasteiger partial charge in [0.25, 0.3) is 0 Å². The van der Waals surface area contributed by atoms with Crippen LogP contribution in [0.2, 0.25) is 0 Å². The smallest absolute Gasteiger partial charge is 0.338 e. The predicted octanol–water partition coefficient (Wildman–Crippen LogP) is 2.25. The fourth-order valence-electron chi connectivity index (χ4n) is 2.31. The Balaban J connectivity index is 1.71. The maximum atomic E-state index is 12.2. The van der Waals surface area contributed by atoms with Crippen LogP contribution in [-0.4, -0.2) is 33.5 Å². The molecule has 7 heteroatoms. The highest BCUT2D eigenvalue weighted by Gasteiger charge is 2.11. The molecule has 1 heterocycles. The van der Waals surface area contributed by atoms with Gasteiger partial charge in [0.05, 0.1) is 17.7 Å². The lowest BCUT2D eigenvalue weighted by atomic mass is 10.2. The number of hydrogen-bond donors (Lipinski definition) is 1. The average molecular weight is 324 g/mol. The number of aromatic nitrogens is 3. The Morgan fingerprint density at radius 3 is 2.83 bits per heavy atom. The van der Waals surface area contributed by atoms with Crippen molar-refractivity contribution in [3.63, 3.8) is 0 Å². The Morgan fingerprint density at radius 1 is 1.17 bits per heavy atom. The van der Waals surface area contributed by atoms with Gasteiger partial charge in [0.2, 0.25) is 5.91 Å². The number of nitrogens with one attached hydrogen (secondary N) is 1. The highest BCUT2D eigenvalue weighted by molar-refractivity contribution is 5.94. The topological polar surface area (TPSA) is 86.1 Å². The van der Waals surface area contributed by atoms with Crippen molar-refractivity contribution in [2.45, 2.75) is 13.5 Å². The van der Waals surface area contributed by atoms with E-state index in [1.54, 1.807) is 31.2 Å². The summed E-state index contributed by atoms with van der Waals surface area (Å²) >= 11 is 0. The molecular weight excluding hydrogens is 308 g/mol. The van der Waals surface area contributed by atoms with E-state index in [1.807, 2.05) is 24.3 Å². The first-order valence-electron chi connectivity index (χ1n) is 7.52. The molecule has 0 aliphatic heterocycles. The quantitative estimate of drug-likeness (QED) is 0.727. The van der Waals surface area contributed by atoms with E-state index >= 15 is 0 Å². The number of carbonyl (C=O) groups is 2. The molecule has 1 N–H and O–H groups in total. The standard InChI is InChI=1S/C17H16N4O3/c1-2-24-17(23)12-6-5-7-13(10-12)18-16(22)11-21-15-9-4-3-8-14(15)19-20-21/h3-10H,2,11H2,1H3,(H,18,22). The van der Waals surface area contributed by atoms with Gasteiger partial charge >= 0.3 is 5.97 Å².